The van der Waals surface area contributed by atoms with Crippen molar-refractivity contribution >= 4 is 11.4 Å². The highest BCUT2D eigenvalue weighted by molar-refractivity contribution is 5.64. The van der Waals surface area contributed by atoms with E-state index in [4.69, 9.17) is 4.74 Å². The summed E-state index contributed by atoms with van der Waals surface area (Å²) in [7, 11) is 1.64. The quantitative estimate of drug-likeness (QED) is 0.726. The van der Waals surface area contributed by atoms with Gasteiger partial charge in [-0.05, 0) is 66.2 Å². The van der Waals surface area contributed by atoms with Gasteiger partial charge in [0.2, 0.25) is 0 Å². The van der Waals surface area contributed by atoms with Crippen molar-refractivity contribution in [3.63, 3.8) is 0 Å². The van der Waals surface area contributed by atoms with E-state index in [1.54, 1.807) is 31.4 Å². The number of anilines is 2. The van der Waals surface area contributed by atoms with E-state index in [0.717, 1.165) is 22.7 Å². The second-order valence-electron chi connectivity index (χ2n) is 5.43. The molecule has 0 unspecified atom stereocenters. The molecule has 3 nitrogen and oxygen atoms in total. The van der Waals surface area contributed by atoms with Crippen LogP contribution in [0.5, 0.6) is 11.5 Å². The number of phenolic OH excluding ortho intramolecular Hbond substituents is 1. The number of methoxy groups -OCH3 is 1. The number of benzene rings is 3. The van der Waals surface area contributed by atoms with Gasteiger partial charge in [-0.1, -0.05) is 12.1 Å². The third-order valence-electron chi connectivity index (χ3n) is 3.80. The first kappa shape index (κ1) is 15.9. The predicted octanol–water partition coefficient (Wildman–Crippen LogP) is 4.88. The second-order valence-corrected chi connectivity index (χ2v) is 5.43. The Balaban J connectivity index is 1.94. The molecular weight excluding hydrogens is 305 g/mol. The molecule has 3 aromatic rings. The zero-order valence-electron chi connectivity index (χ0n) is 13.3. The number of phenols is 1. The summed E-state index contributed by atoms with van der Waals surface area (Å²) in [5.41, 5.74) is 2.88. The summed E-state index contributed by atoms with van der Waals surface area (Å²) in [5.74, 6) is 0.743. The van der Waals surface area contributed by atoms with Gasteiger partial charge in [0.15, 0.2) is 0 Å². The fourth-order valence-electron chi connectivity index (χ4n) is 2.50. The van der Waals surface area contributed by atoms with E-state index in [2.05, 4.69) is 4.90 Å². The number of hydrogen-bond acceptors (Lipinski definition) is 3. The second kappa shape index (κ2) is 7.04. The van der Waals surface area contributed by atoms with Gasteiger partial charge in [-0.2, -0.15) is 0 Å². The molecule has 0 aliphatic rings. The molecule has 4 heteroatoms. The van der Waals surface area contributed by atoms with Crippen LogP contribution in [-0.2, 0) is 6.54 Å². The standard InChI is InChI=1S/C20H18FNO2/c1-24-20-12-2-15(3-13-20)14-22(17-6-4-16(21)5-7-17)18-8-10-19(23)11-9-18/h2-13,23H,14H2,1H3. The Morgan fingerprint density at radius 3 is 1.92 bits per heavy atom. The van der Waals surface area contributed by atoms with Crippen molar-refractivity contribution in [2.45, 2.75) is 6.54 Å². The third kappa shape index (κ3) is 3.66. The van der Waals surface area contributed by atoms with Crippen molar-refractivity contribution in [2.75, 3.05) is 12.0 Å². The number of rotatable bonds is 5. The molecule has 0 saturated carbocycles. The van der Waals surface area contributed by atoms with E-state index in [1.165, 1.54) is 12.1 Å². The molecule has 0 saturated heterocycles. The predicted molar refractivity (Wildman–Crippen MR) is 93.3 cm³/mol. The Morgan fingerprint density at radius 1 is 0.833 bits per heavy atom. The van der Waals surface area contributed by atoms with Crippen LogP contribution in [0.2, 0.25) is 0 Å². The van der Waals surface area contributed by atoms with Crippen LogP contribution in [0.1, 0.15) is 5.56 Å². The zero-order valence-corrected chi connectivity index (χ0v) is 13.3. The van der Waals surface area contributed by atoms with E-state index in [1.807, 2.05) is 36.4 Å². The van der Waals surface area contributed by atoms with Crippen LogP contribution < -0.4 is 9.64 Å². The fourth-order valence-corrected chi connectivity index (χ4v) is 2.50. The fraction of sp³-hybridized carbons (Fsp3) is 0.100. The van der Waals surface area contributed by atoms with Crippen LogP contribution in [0.4, 0.5) is 15.8 Å². The van der Waals surface area contributed by atoms with E-state index in [0.29, 0.717) is 6.54 Å². The van der Waals surface area contributed by atoms with Crippen molar-refractivity contribution in [3.05, 3.63) is 84.2 Å². The zero-order chi connectivity index (χ0) is 16.9. The van der Waals surface area contributed by atoms with Gasteiger partial charge in [0, 0.05) is 17.9 Å². The highest BCUT2D eigenvalue weighted by atomic mass is 19.1. The van der Waals surface area contributed by atoms with Crippen molar-refractivity contribution in [3.8, 4) is 11.5 Å². The first-order valence-corrected chi connectivity index (χ1v) is 7.61. The number of halogens is 1. The minimum absolute atomic E-state index is 0.210. The third-order valence-corrected chi connectivity index (χ3v) is 3.80. The van der Waals surface area contributed by atoms with Gasteiger partial charge in [0.25, 0.3) is 0 Å². The summed E-state index contributed by atoms with van der Waals surface area (Å²) in [5, 5.41) is 9.51. The van der Waals surface area contributed by atoms with Crippen LogP contribution in [0.3, 0.4) is 0 Å². The van der Waals surface area contributed by atoms with Crippen molar-refractivity contribution in [1.82, 2.24) is 0 Å². The lowest BCUT2D eigenvalue weighted by atomic mass is 10.1. The Hall–Kier alpha value is -3.01. The summed E-state index contributed by atoms with van der Waals surface area (Å²) in [6.07, 6.45) is 0. The minimum atomic E-state index is -0.270. The largest absolute Gasteiger partial charge is 0.508 e. The molecule has 0 radical (unpaired) electrons. The lowest BCUT2D eigenvalue weighted by Gasteiger charge is -2.25. The monoisotopic (exact) mass is 323 g/mol. The molecule has 3 rings (SSSR count). The molecule has 0 aliphatic heterocycles. The molecule has 0 spiro atoms. The van der Waals surface area contributed by atoms with Crippen LogP contribution >= 0.6 is 0 Å². The average molecular weight is 323 g/mol. The maximum absolute atomic E-state index is 13.3. The van der Waals surface area contributed by atoms with E-state index in [-0.39, 0.29) is 11.6 Å². The van der Waals surface area contributed by atoms with Gasteiger partial charge in [-0.25, -0.2) is 4.39 Å². The normalized spacial score (nSPS) is 10.4. The summed E-state index contributed by atoms with van der Waals surface area (Å²) in [6.45, 7) is 0.612. The summed E-state index contributed by atoms with van der Waals surface area (Å²) in [4.78, 5) is 2.06. The van der Waals surface area contributed by atoms with Gasteiger partial charge in [0.1, 0.15) is 17.3 Å². The lowest BCUT2D eigenvalue weighted by molar-refractivity contribution is 0.414. The highest BCUT2D eigenvalue weighted by Crippen LogP contribution is 2.29. The number of aromatic hydroxyl groups is 1. The van der Waals surface area contributed by atoms with Crippen molar-refractivity contribution in [2.24, 2.45) is 0 Å². The van der Waals surface area contributed by atoms with Crippen LogP contribution in [0.25, 0.3) is 0 Å². The molecule has 0 aromatic heterocycles. The number of ether oxygens (including phenoxy) is 1. The molecule has 0 aliphatic carbocycles. The molecule has 1 N–H and O–H groups in total. The Kier molecular flexibility index (Phi) is 4.66. The molecule has 3 aromatic carbocycles. The smallest absolute Gasteiger partial charge is 0.123 e. The minimum Gasteiger partial charge on any atom is -0.508 e. The summed E-state index contributed by atoms with van der Waals surface area (Å²) < 4.78 is 18.4. The molecule has 0 heterocycles. The van der Waals surface area contributed by atoms with E-state index < -0.39 is 0 Å². The van der Waals surface area contributed by atoms with Gasteiger partial charge in [-0.15, -0.1) is 0 Å². The van der Waals surface area contributed by atoms with Gasteiger partial charge < -0.3 is 14.7 Å². The highest BCUT2D eigenvalue weighted by Gasteiger charge is 2.11. The first-order valence-electron chi connectivity index (χ1n) is 7.61. The van der Waals surface area contributed by atoms with Crippen molar-refractivity contribution in [1.29, 1.82) is 0 Å². The average Bonchev–Trinajstić information content (AvgIpc) is 2.62. The maximum atomic E-state index is 13.3. The molecular formula is C20H18FNO2. The number of hydrogen-bond donors (Lipinski definition) is 1. The summed E-state index contributed by atoms with van der Waals surface area (Å²) >= 11 is 0. The number of nitrogens with zero attached hydrogens (tertiary/aromatic N) is 1. The Morgan fingerprint density at radius 2 is 1.38 bits per heavy atom. The lowest BCUT2D eigenvalue weighted by Crippen LogP contribution is -2.16. The van der Waals surface area contributed by atoms with Crippen LogP contribution in [0.15, 0.2) is 72.8 Å². The SMILES string of the molecule is COc1ccc(CN(c2ccc(O)cc2)c2ccc(F)cc2)cc1. The van der Waals surface area contributed by atoms with Crippen molar-refractivity contribution < 1.29 is 14.2 Å². The molecule has 0 bridgehead atoms. The van der Waals surface area contributed by atoms with Gasteiger partial charge in [0.05, 0.1) is 7.11 Å². The van der Waals surface area contributed by atoms with E-state index in [9.17, 15) is 9.50 Å². The topological polar surface area (TPSA) is 32.7 Å². The molecule has 122 valence electrons. The molecule has 0 atom stereocenters. The Bertz CT molecular complexity index is 738. The van der Waals surface area contributed by atoms with Crippen LogP contribution in [-0.4, -0.2) is 12.2 Å². The van der Waals surface area contributed by atoms with Gasteiger partial charge in [-0.3, -0.25) is 0 Å². The maximum Gasteiger partial charge on any atom is 0.123 e. The van der Waals surface area contributed by atoms with Crippen LogP contribution in [0, 0.1) is 5.82 Å². The Labute approximate surface area is 140 Å². The first-order chi connectivity index (χ1) is 11.7. The molecule has 24 heavy (non-hydrogen) atoms. The summed E-state index contributed by atoms with van der Waals surface area (Å²) in [6, 6.07) is 21.1. The molecule has 0 amide bonds. The van der Waals surface area contributed by atoms with Gasteiger partial charge >= 0.3 is 0 Å². The van der Waals surface area contributed by atoms with E-state index >= 15 is 0 Å². The molecule has 0 fully saturated rings.